The van der Waals surface area contributed by atoms with Crippen LogP contribution in [-0.4, -0.2) is 34.7 Å². The molecular weight excluding hydrogens is 326 g/mol. The van der Waals surface area contributed by atoms with Crippen LogP contribution in [0, 0.1) is 6.92 Å². The Hall–Kier alpha value is -2.34. The zero-order valence-electron chi connectivity index (χ0n) is 14.0. The maximum Gasteiger partial charge on any atom is 0.201 e. The van der Waals surface area contributed by atoms with Crippen LogP contribution in [0.3, 0.4) is 0 Å². The number of sulfone groups is 1. The van der Waals surface area contributed by atoms with E-state index in [9.17, 15) is 8.42 Å². The average molecular weight is 347 g/mol. The summed E-state index contributed by atoms with van der Waals surface area (Å²) in [6.07, 6.45) is 0.208. The molecule has 0 saturated carbocycles. The molecule has 6 heteroatoms. The summed E-state index contributed by atoms with van der Waals surface area (Å²) >= 11 is 0. The van der Waals surface area contributed by atoms with Gasteiger partial charge in [0.1, 0.15) is 0 Å². The molecule has 24 heavy (non-hydrogen) atoms. The average Bonchev–Trinajstić information content (AvgIpc) is 2.59. The van der Waals surface area contributed by atoms with E-state index in [4.69, 9.17) is 9.47 Å². The van der Waals surface area contributed by atoms with E-state index in [1.807, 2.05) is 6.92 Å². The molecule has 0 aliphatic rings. The Balaban J connectivity index is 2.32. The van der Waals surface area contributed by atoms with Crippen molar-refractivity contribution in [2.24, 2.45) is 4.99 Å². The van der Waals surface area contributed by atoms with E-state index in [1.54, 1.807) is 49.6 Å². The highest BCUT2D eigenvalue weighted by Crippen LogP contribution is 2.29. The predicted molar refractivity (Wildman–Crippen MR) is 95.0 cm³/mol. The van der Waals surface area contributed by atoms with Crippen LogP contribution in [0.4, 0.5) is 0 Å². The molecule has 128 valence electrons. The second-order valence-electron chi connectivity index (χ2n) is 5.39. The van der Waals surface area contributed by atoms with E-state index in [0.717, 1.165) is 11.1 Å². The standard InChI is InChI=1S/C18H21NO4S/c1-13-5-8-15(9-6-13)24(20,21)18(19-2)12-14-7-10-16(22-3)17(11-14)23-4/h5-11,18H,2,12H2,1,3-4H3/t18-/m0/s1. The number of aliphatic imine (C=N–C) groups is 1. The second-order valence-corrected chi connectivity index (χ2v) is 7.49. The van der Waals surface area contributed by atoms with Crippen LogP contribution in [0.2, 0.25) is 0 Å². The first-order valence-electron chi connectivity index (χ1n) is 7.39. The molecule has 0 aromatic heterocycles. The van der Waals surface area contributed by atoms with Gasteiger partial charge in [0, 0.05) is 6.42 Å². The molecular formula is C18H21NO4S. The summed E-state index contributed by atoms with van der Waals surface area (Å²) in [6.45, 7) is 5.36. The minimum atomic E-state index is -3.60. The number of nitrogens with zero attached hydrogens (tertiary/aromatic N) is 1. The van der Waals surface area contributed by atoms with Gasteiger partial charge in [-0.2, -0.15) is 0 Å². The van der Waals surface area contributed by atoms with Crippen molar-refractivity contribution in [1.82, 2.24) is 0 Å². The zero-order valence-corrected chi connectivity index (χ0v) is 14.8. The third-order valence-electron chi connectivity index (χ3n) is 3.77. The minimum Gasteiger partial charge on any atom is -0.493 e. The lowest BCUT2D eigenvalue weighted by atomic mass is 10.1. The molecule has 2 rings (SSSR count). The van der Waals surface area contributed by atoms with Gasteiger partial charge in [-0.25, -0.2) is 8.42 Å². The van der Waals surface area contributed by atoms with Crippen molar-refractivity contribution in [3.63, 3.8) is 0 Å². The molecule has 0 aliphatic carbocycles. The monoisotopic (exact) mass is 347 g/mol. The van der Waals surface area contributed by atoms with E-state index in [-0.39, 0.29) is 11.3 Å². The quantitative estimate of drug-likeness (QED) is 0.722. The molecule has 0 heterocycles. The Morgan fingerprint density at radius 3 is 2.21 bits per heavy atom. The molecule has 0 unspecified atom stereocenters. The predicted octanol–water partition coefficient (Wildman–Crippen LogP) is 3.06. The van der Waals surface area contributed by atoms with E-state index < -0.39 is 15.2 Å². The summed E-state index contributed by atoms with van der Waals surface area (Å²) in [5.41, 5.74) is 1.78. The molecule has 2 aromatic rings. The van der Waals surface area contributed by atoms with Crippen LogP contribution in [0.5, 0.6) is 11.5 Å². The number of ether oxygens (including phenoxy) is 2. The zero-order chi connectivity index (χ0) is 17.7. The van der Waals surface area contributed by atoms with E-state index >= 15 is 0 Å². The molecule has 0 aliphatic heterocycles. The van der Waals surface area contributed by atoms with E-state index in [0.29, 0.717) is 11.5 Å². The minimum absolute atomic E-state index is 0.208. The molecule has 0 saturated heterocycles. The smallest absolute Gasteiger partial charge is 0.201 e. The summed E-state index contributed by atoms with van der Waals surface area (Å²) in [7, 11) is -0.518. The van der Waals surface area contributed by atoms with Gasteiger partial charge >= 0.3 is 0 Å². The normalized spacial score (nSPS) is 12.5. The van der Waals surface area contributed by atoms with Crippen molar-refractivity contribution in [3.8, 4) is 11.5 Å². The summed E-state index contributed by atoms with van der Waals surface area (Å²) < 4.78 is 36.0. The molecule has 0 fully saturated rings. The van der Waals surface area contributed by atoms with Crippen LogP contribution in [0.15, 0.2) is 52.4 Å². The van der Waals surface area contributed by atoms with Crippen molar-refractivity contribution in [2.45, 2.75) is 23.6 Å². The third kappa shape index (κ3) is 3.76. The number of hydrogen-bond acceptors (Lipinski definition) is 5. The van der Waals surface area contributed by atoms with Crippen LogP contribution in [-0.2, 0) is 16.3 Å². The fourth-order valence-electron chi connectivity index (χ4n) is 2.37. The van der Waals surface area contributed by atoms with Crippen LogP contribution >= 0.6 is 0 Å². The highest BCUT2D eigenvalue weighted by molar-refractivity contribution is 7.92. The summed E-state index contributed by atoms with van der Waals surface area (Å²) in [5.74, 6) is 1.14. The highest BCUT2D eigenvalue weighted by atomic mass is 32.2. The number of aryl methyl sites for hydroxylation is 1. The molecule has 0 bridgehead atoms. The first kappa shape index (κ1) is 18.0. The maximum absolute atomic E-state index is 12.8. The van der Waals surface area contributed by atoms with Gasteiger partial charge in [-0.3, -0.25) is 4.99 Å². The Kier molecular flexibility index (Phi) is 5.62. The van der Waals surface area contributed by atoms with Crippen molar-refractivity contribution in [1.29, 1.82) is 0 Å². The first-order valence-corrected chi connectivity index (χ1v) is 8.94. The van der Waals surface area contributed by atoms with Crippen molar-refractivity contribution in [3.05, 3.63) is 53.6 Å². The van der Waals surface area contributed by atoms with Gasteiger partial charge < -0.3 is 9.47 Å². The molecule has 0 radical (unpaired) electrons. The molecule has 0 N–H and O–H groups in total. The van der Waals surface area contributed by atoms with Gasteiger partial charge in [-0.1, -0.05) is 23.8 Å². The highest BCUT2D eigenvalue weighted by Gasteiger charge is 2.26. The summed E-state index contributed by atoms with van der Waals surface area (Å²) in [5, 5.41) is -0.960. The SMILES string of the molecule is C=N[C@H](Cc1ccc(OC)c(OC)c1)S(=O)(=O)c1ccc(C)cc1. The van der Waals surface area contributed by atoms with Crippen LogP contribution in [0.25, 0.3) is 0 Å². The second kappa shape index (κ2) is 7.49. The number of hydrogen-bond donors (Lipinski definition) is 0. The van der Waals surface area contributed by atoms with Gasteiger partial charge in [0.15, 0.2) is 16.9 Å². The molecule has 5 nitrogen and oxygen atoms in total. The van der Waals surface area contributed by atoms with Crippen LogP contribution in [0.1, 0.15) is 11.1 Å². The Morgan fingerprint density at radius 1 is 1.04 bits per heavy atom. The number of benzene rings is 2. The maximum atomic E-state index is 12.8. The van der Waals surface area contributed by atoms with Gasteiger partial charge in [0.25, 0.3) is 0 Å². The largest absolute Gasteiger partial charge is 0.493 e. The van der Waals surface area contributed by atoms with Crippen molar-refractivity contribution >= 4 is 16.6 Å². The molecule has 1 atom stereocenters. The lowest BCUT2D eigenvalue weighted by molar-refractivity contribution is 0.354. The lowest BCUT2D eigenvalue weighted by Gasteiger charge is -2.15. The Bertz CT molecular complexity index is 813. The van der Waals surface area contributed by atoms with Gasteiger partial charge in [0.05, 0.1) is 19.1 Å². The first-order chi connectivity index (χ1) is 11.4. The Labute approximate surface area is 142 Å². The van der Waals surface area contributed by atoms with Crippen LogP contribution < -0.4 is 9.47 Å². The van der Waals surface area contributed by atoms with Gasteiger partial charge in [-0.15, -0.1) is 0 Å². The number of methoxy groups -OCH3 is 2. The van der Waals surface area contributed by atoms with Crippen molar-refractivity contribution < 1.29 is 17.9 Å². The summed E-state index contributed by atoms with van der Waals surface area (Å²) in [4.78, 5) is 4.08. The lowest BCUT2D eigenvalue weighted by Crippen LogP contribution is -2.22. The van der Waals surface area contributed by atoms with E-state index in [2.05, 4.69) is 11.7 Å². The number of rotatable bonds is 7. The van der Waals surface area contributed by atoms with Crippen molar-refractivity contribution in [2.75, 3.05) is 14.2 Å². The van der Waals surface area contributed by atoms with Gasteiger partial charge in [-0.05, 0) is 43.5 Å². The molecule has 2 aromatic carbocycles. The summed E-state index contributed by atoms with van der Waals surface area (Å²) in [6, 6.07) is 12.0. The Morgan fingerprint density at radius 2 is 1.67 bits per heavy atom. The fraction of sp³-hybridized carbons (Fsp3) is 0.278. The topological polar surface area (TPSA) is 65.0 Å². The fourth-order valence-corrected chi connectivity index (χ4v) is 3.80. The van der Waals surface area contributed by atoms with Gasteiger partial charge in [0.2, 0.25) is 9.84 Å². The molecule has 0 spiro atoms. The molecule has 0 amide bonds. The van der Waals surface area contributed by atoms with E-state index in [1.165, 1.54) is 7.11 Å². The third-order valence-corrected chi connectivity index (χ3v) is 5.73.